The minimum Gasteiger partial charge on any atom is -0.481 e. The second-order valence-corrected chi connectivity index (χ2v) is 4.96. The minimum absolute atomic E-state index is 0.0219. The van der Waals surface area contributed by atoms with Crippen molar-refractivity contribution in [1.29, 1.82) is 0 Å². The van der Waals surface area contributed by atoms with Crippen molar-refractivity contribution < 1.29 is 18.5 Å². The summed E-state index contributed by atoms with van der Waals surface area (Å²) >= 11 is 0. The summed E-state index contributed by atoms with van der Waals surface area (Å²) in [6.45, 7) is 1.71. The van der Waals surface area contributed by atoms with Crippen LogP contribution in [0.3, 0.4) is 0 Å². The number of rotatable bonds is 5. The number of nitro groups is 1. The molecule has 3 rings (SSSR count). The molecule has 24 heavy (non-hydrogen) atoms. The van der Waals surface area contributed by atoms with Crippen LogP contribution in [0.4, 0.5) is 10.1 Å². The van der Waals surface area contributed by atoms with Crippen LogP contribution < -0.4 is 4.74 Å². The Morgan fingerprint density at radius 3 is 2.42 bits per heavy atom. The summed E-state index contributed by atoms with van der Waals surface area (Å²) in [4.78, 5) is 10.1. The number of non-ortho nitro benzene ring substituents is 1. The fraction of sp³-hybridized carbons (Fsp3) is 0.125. The highest BCUT2D eigenvalue weighted by Crippen LogP contribution is 2.25. The van der Waals surface area contributed by atoms with Gasteiger partial charge in [0, 0.05) is 17.7 Å². The lowest BCUT2D eigenvalue weighted by Gasteiger charge is -2.10. The summed E-state index contributed by atoms with van der Waals surface area (Å²) in [6.07, 6.45) is -0.548. The summed E-state index contributed by atoms with van der Waals surface area (Å²) in [5.41, 5.74) is 0.573. The standard InChI is InChI=1S/C16H12FN3O4/c1-10(23-14-8-6-13(7-9-14)20(21)22)15-18-19-16(24-15)11-2-4-12(17)5-3-11/h2-10H,1H3/t10-/m1/s1. The van der Waals surface area contributed by atoms with E-state index in [1.165, 1.54) is 48.5 Å². The van der Waals surface area contributed by atoms with Crippen molar-refractivity contribution in [1.82, 2.24) is 10.2 Å². The van der Waals surface area contributed by atoms with Gasteiger partial charge in [0.05, 0.1) is 4.92 Å². The van der Waals surface area contributed by atoms with E-state index >= 15 is 0 Å². The quantitative estimate of drug-likeness (QED) is 0.520. The molecule has 0 radical (unpaired) electrons. The van der Waals surface area contributed by atoms with Gasteiger partial charge in [0.15, 0.2) is 6.10 Å². The second kappa shape index (κ2) is 6.45. The Bertz CT molecular complexity index is 847. The minimum atomic E-state index is -0.548. The molecule has 1 aromatic heterocycles. The van der Waals surface area contributed by atoms with E-state index < -0.39 is 11.0 Å². The van der Waals surface area contributed by atoms with Crippen LogP contribution in [0.2, 0.25) is 0 Å². The maximum Gasteiger partial charge on any atom is 0.269 e. The third-order valence-electron chi connectivity index (χ3n) is 3.24. The fourth-order valence-corrected chi connectivity index (χ4v) is 2.01. The first-order valence-corrected chi connectivity index (χ1v) is 7.03. The number of nitrogens with zero attached hydrogens (tertiary/aromatic N) is 3. The lowest BCUT2D eigenvalue weighted by Crippen LogP contribution is -2.03. The van der Waals surface area contributed by atoms with Crippen molar-refractivity contribution in [3.63, 3.8) is 0 Å². The number of benzene rings is 2. The Hall–Kier alpha value is -3.29. The summed E-state index contributed by atoms with van der Waals surface area (Å²) in [6, 6.07) is 11.4. The SMILES string of the molecule is C[C@@H](Oc1ccc([N+](=O)[O-])cc1)c1nnc(-c2ccc(F)cc2)o1. The van der Waals surface area contributed by atoms with Crippen molar-refractivity contribution in [3.8, 4) is 17.2 Å². The highest BCUT2D eigenvalue weighted by Gasteiger charge is 2.17. The molecule has 1 atom stereocenters. The molecule has 0 aliphatic rings. The van der Waals surface area contributed by atoms with Gasteiger partial charge in [0.2, 0.25) is 5.89 Å². The molecule has 8 heteroatoms. The zero-order valence-corrected chi connectivity index (χ0v) is 12.5. The number of nitro benzene ring substituents is 1. The molecule has 3 aromatic rings. The van der Waals surface area contributed by atoms with Gasteiger partial charge in [-0.15, -0.1) is 10.2 Å². The topological polar surface area (TPSA) is 91.3 Å². The Morgan fingerprint density at radius 2 is 1.79 bits per heavy atom. The molecule has 0 aliphatic heterocycles. The molecule has 1 heterocycles. The summed E-state index contributed by atoms with van der Waals surface area (Å²) in [5, 5.41) is 18.4. The smallest absolute Gasteiger partial charge is 0.269 e. The van der Waals surface area contributed by atoms with E-state index in [-0.39, 0.29) is 23.3 Å². The van der Waals surface area contributed by atoms with Crippen LogP contribution in [0.5, 0.6) is 5.75 Å². The van der Waals surface area contributed by atoms with E-state index in [4.69, 9.17) is 9.15 Å². The van der Waals surface area contributed by atoms with Crippen LogP contribution >= 0.6 is 0 Å². The highest BCUT2D eigenvalue weighted by molar-refractivity contribution is 5.52. The van der Waals surface area contributed by atoms with Crippen LogP contribution in [-0.2, 0) is 0 Å². The van der Waals surface area contributed by atoms with E-state index in [2.05, 4.69) is 10.2 Å². The van der Waals surface area contributed by atoms with Crippen molar-refractivity contribution >= 4 is 5.69 Å². The third-order valence-corrected chi connectivity index (χ3v) is 3.24. The maximum atomic E-state index is 12.9. The Balaban J connectivity index is 1.72. The van der Waals surface area contributed by atoms with Gasteiger partial charge >= 0.3 is 0 Å². The first kappa shape index (κ1) is 15.6. The van der Waals surface area contributed by atoms with Crippen LogP contribution in [0, 0.1) is 15.9 Å². The molecule has 0 bridgehead atoms. The van der Waals surface area contributed by atoms with Crippen molar-refractivity contribution in [3.05, 3.63) is 70.4 Å². The van der Waals surface area contributed by atoms with E-state index in [1.54, 1.807) is 6.92 Å². The maximum absolute atomic E-state index is 12.9. The van der Waals surface area contributed by atoms with E-state index in [1.807, 2.05) is 0 Å². The summed E-state index contributed by atoms with van der Waals surface area (Å²) in [7, 11) is 0. The third kappa shape index (κ3) is 3.37. The molecule has 0 unspecified atom stereocenters. The molecule has 7 nitrogen and oxygen atoms in total. The first-order chi connectivity index (χ1) is 11.5. The van der Waals surface area contributed by atoms with Gasteiger partial charge in [-0.25, -0.2) is 4.39 Å². The Labute approximate surface area is 135 Å². The molecule has 0 spiro atoms. The normalized spacial score (nSPS) is 11.9. The number of aromatic nitrogens is 2. The largest absolute Gasteiger partial charge is 0.481 e. The molecular formula is C16H12FN3O4. The van der Waals surface area contributed by atoms with E-state index in [0.29, 0.717) is 11.3 Å². The molecule has 0 saturated heterocycles. The molecule has 0 saturated carbocycles. The van der Waals surface area contributed by atoms with Crippen LogP contribution in [0.1, 0.15) is 18.9 Å². The highest BCUT2D eigenvalue weighted by atomic mass is 19.1. The van der Waals surface area contributed by atoms with Crippen LogP contribution in [-0.4, -0.2) is 15.1 Å². The monoisotopic (exact) mass is 329 g/mol. The van der Waals surface area contributed by atoms with Gasteiger partial charge in [0.1, 0.15) is 11.6 Å². The Morgan fingerprint density at radius 1 is 1.12 bits per heavy atom. The van der Waals surface area contributed by atoms with Crippen molar-refractivity contribution in [2.75, 3.05) is 0 Å². The van der Waals surface area contributed by atoms with Crippen LogP contribution in [0.15, 0.2) is 52.9 Å². The van der Waals surface area contributed by atoms with Crippen LogP contribution in [0.25, 0.3) is 11.5 Å². The summed E-state index contributed by atoms with van der Waals surface area (Å²) in [5.74, 6) is 0.583. The first-order valence-electron chi connectivity index (χ1n) is 7.03. The molecule has 0 N–H and O–H groups in total. The van der Waals surface area contributed by atoms with Gasteiger partial charge in [-0.3, -0.25) is 10.1 Å². The van der Waals surface area contributed by atoms with Gasteiger partial charge in [0.25, 0.3) is 11.6 Å². The van der Waals surface area contributed by atoms with Crippen molar-refractivity contribution in [2.45, 2.75) is 13.0 Å². The zero-order chi connectivity index (χ0) is 17.1. The Kier molecular flexibility index (Phi) is 4.19. The molecule has 122 valence electrons. The number of ether oxygens (including phenoxy) is 1. The molecule has 0 fully saturated rings. The average molecular weight is 329 g/mol. The van der Waals surface area contributed by atoms with Gasteiger partial charge in [-0.1, -0.05) is 0 Å². The second-order valence-electron chi connectivity index (χ2n) is 4.96. The average Bonchev–Trinajstić information content (AvgIpc) is 3.06. The van der Waals surface area contributed by atoms with E-state index in [0.717, 1.165) is 0 Å². The number of halogens is 1. The summed E-state index contributed by atoms with van der Waals surface area (Å²) < 4.78 is 24.1. The molecular weight excluding hydrogens is 317 g/mol. The lowest BCUT2D eigenvalue weighted by molar-refractivity contribution is -0.384. The predicted octanol–water partition coefficient (Wildman–Crippen LogP) is 3.92. The van der Waals surface area contributed by atoms with Gasteiger partial charge in [-0.05, 0) is 43.3 Å². The molecule has 0 aliphatic carbocycles. The predicted molar refractivity (Wildman–Crippen MR) is 81.8 cm³/mol. The molecule has 2 aromatic carbocycles. The zero-order valence-electron chi connectivity index (χ0n) is 12.5. The van der Waals surface area contributed by atoms with E-state index in [9.17, 15) is 14.5 Å². The van der Waals surface area contributed by atoms with Gasteiger partial charge in [-0.2, -0.15) is 0 Å². The fourth-order valence-electron chi connectivity index (χ4n) is 2.01. The molecule has 0 amide bonds. The van der Waals surface area contributed by atoms with Gasteiger partial charge < -0.3 is 9.15 Å². The number of hydrogen-bond acceptors (Lipinski definition) is 6. The number of hydrogen-bond donors (Lipinski definition) is 0. The lowest BCUT2D eigenvalue weighted by atomic mass is 10.2. The van der Waals surface area contributed by atoms with Crippen molar-refractivity contribution in [2.24, 2.45) is 0 Å².